The molecule has 2 amide bonds. The molecule has 0 bridgehead atoms. The maximum Gasteiger partial charge on any atom is 0.243 e. The fourth-order valence-electron chi connectivity index (χ4n) is 4.57. The molecule has 1 aromatic carbocycles. The van der Waals surface area contributed by atoms with E-state index >= 15 is 0 Å². The van der Waals surface area contributed by atoms with Gasteiger partial charge in [0.05, 0.1) is 28.2 Å². The molecule has 4 rings (SSSR count). The van der Waals surface area contributed by atoms with Crippen LogP contribution in [0.3, 0.4) is 0 Å². The number of hydrogen-bond acceptors (Lipinski definition) is 7. The highest BCUT2D eigenvalue weighted by Gasteiger charge is 2.43. The number of carbonyl (C=O) groups excluding carboxylic acids is 2. The van der Waals surface area contributed by atoms with Gasteiger partial charge in [-0.1, -0.05) is 38.1 Å². The summed E-state index contributed by atoms with van der Waals surface area (Å²) in [7, 11) is 0. The van der Waals surface area contributed by atoms with E-state index in [1.54, 1.807) is 17.4 Å². The molecule has 10 heteroatoms. The van der Waals surface area contributed by atoms with Crippen molar-refractivity contribution in [3.05, 3.63) is 52.9 Å². The summed E-state index contributed by atoms with van der Waals surface area (Å²) in [6.07, 6.45) is -0.559. The molecule has 1 aliphatic heterocycles. The Bertz CT molecular complexity index is 1190. The van der Waals surface area contributed by atoms with Gasteiger partial charge < -0.3 is 19.8 Å². The zero-order chi connectivity index (χ0) is 25.3. The first-order chi connectivity index (χ1) is 16.7. The third-order valence-corrected chi connectivity index (χ3v) is 7.68. The van der Waals surface area contributed by atoms with E-state index in [0.717, 1.165) is 21.7 Å². The summed E-state index contributed by atoms with van der Waals surface area (Å²) >= 11 is 4.05. The molecule has 8 nitrogen and oxygen atoms in total. The van der Waals surface area contributed by atoms with Crippen LogP contribution in [0.5, 0.6) is 0 Å². The van der Waals surface area contributed by atoms with Gasteiger partial charge in [0.2, 0.25) is 28.1 Å². The number of aryl methyl sites for hydroxylation is 1. The number of nitrogens with zero attached hydrogens (tertiary/aromatic N) is 3. The average molecular weight is 509 g/mol. The van der Waals surface area contributed by atoms with E-state index in [2.05, 4.69) is 31.7 Å². The van der Waals surface area contributed by atoms with Crippen LogP contribution in [-0.4, -0.2) is 66.9 Å². The first kappa shape index (κ1) is 25.6. The summed E-state index contributed by atoms with van der Waals surface area (Å²) in [6.45, 7) is 7.86. The number of aliphatic hydroxyl groups excluding tert-OH is 1. The van der Waals surface area contributed by atoms with E-state index in [1.807, 2.05) is 57.5 Å². The topological polar surface area (TPSA) is 109 Å². The summed E-state index contributed by atoms with van der Waals surface area (Å²) < 4.78 is 5.98. The zero-order valence-corrected chi connectivity index (χ0v) is 22.2. The lowest BCUT2D eigenvalue weighted by molar-refractivity contribution is -0.141. The van der Waals surface area contributed by atoms with Gasteiger partial charge in [0.15, 0.2) is 0 Å². The molecule has 2 unspecified atom stereocenters. The number of aromatic nitrogens is 2. The van der Waals surface area contributed by atoms with Crippen molar-refractivity contribution in [2.24, 2.45) is 5.92 Å². The molecule has 182 valence electrons. The smallest absolute Gasteiger partial charge is 0.243 e. The van der Waals surface area contributed by atoms with Crippen LogP contribution in [-0.2, 0) is 9.59 Å². The molecule has 2 N–H and O–H groups in total. The molecule has 1 fully saturated rings. The van der Waals surface area contributed by atoms with Gasteiger partial charge in [-0.05, 0) is 41.5 Å². The largest absolute Gasteiger partial charge is 0.391 e. The summed E-state index contributed by atoms with van der Waals surface area (Å²) in [5, 5.41) is 17.3. The molecule has 3 aromatic rings. The Hall–Kier alpha value is -2.51. The lowest BCUT2D eigenvalue weighted by atomic mass is 9.91. The summed E-state index contributed by atoms with van der Waals surface area (Å²) in [6, 6.07) is 8.74. The fourth-order valence-corrected chi connectivity index (χ4v) is 5.59. The third kappa shape index (κ3) is 5.51. The number of likely N-dealkylation sites (tertiary alicyclic amines) is 1. The number of hydrogen-bond donors (Lipinski definition) is 2. The standard InChI is InChI=1S/C25H29N4O4S.Al/c1-14(2)22(21-9-10-27-33-21)25(32)29-12-19(30)11-20(29)24(31)28-15(3)17-5-7-18(8-6-17)23-16(4)26-13-34-23;/h5-9,13-15,19-20,22,30H,11-12H2,1-4H3,(H,28,31);/t15?,19-,20+,22?;/m1./s1. The number of aliphatic hydroxyl groups is 1. The second kappa shape index (κ2) is 10.6. The Morgan fingerprint density at radius 2 is 1.97 bits per heavy atom. The predicted octanol–water partition coefficient (Wildman–Crippen LogP) is 2.48. The van der Waals surface area contributed by atoms with Crippen LogP contribution in [0.25, 0.3) is 10.4 Å². The Balaban J connectivity index is 1.47. The second-order valence-electron chi connectivity index (χ2n) is 9.39. The predicted molar refractivity (Wildman–Crippen MR) is 134 cm³/mol. The van der Waals surface area contributed by atoms with E-state index in [4.69, 9.17) is 4.52 Å². The lowest BCUT2D eigenvalue weighted by Gasteiger charge is -2.29. The summed E-state index contributed by atoms with van der Waals surface area (Å²) in [5.41, 5.74) is 4.86. The lowest BCUT2D eigenvalue weighted by Crippen LogP contribution is -2.48. The molecular weight excluding hydrogens is 479 g/mol. The van der Waals surface area contributed by atoms with Gasteiger partial charge in [-0.2, -0.15) is 0 Å². The number of nitrogens with one attached hydrogen (secondary N) is 1. The summed E-state index contributed by atoms with van der Waals surface area (Å²) in [5.74, 6) is -0.718. The molecule has 3 heterocycles. The molecule has 0 spiro atoms. The van der Waals surface area contributed by atoms with Gasteiger partial charge in [-0.15, -0.1) is 16.5 Å². The van der Waals surface area contributed by atoms with E-state index < -0.39 is 18.1 Å². The molecule has 1 aliphatic rings. The van der Waals surface area contributed by atoms with Gasteiger partial charge in [0.25, 0.3) is 0 Å². The third-order valence-electron chi connectivity index (χ3n) is 6.43. The van der Waals surface area contributed by atoms with Crippen LogP contribution < -0.4 is 9.87 Å². The molecule has 0 saturated carbocycles. The fraction of sp³-hybridized carbons (Fsp3) is 0.440. The second-order valence-corrected chi connectivity index (χ2v) is 10.8. The van der Waals surface area contributed by atoms with Crippen LogP contribution in [0.2, 0.25) is 0 Å². The van der Waals surface area contributed by atoms with Crippen LogP contribution in [0.15, 0.2) is 40.4 Å². The van der Waals surface area contributed by atoms with Gasteiger partial charge in [-0.25, -0.2) is 4.98 Å². The van der Waals surface area contributed by atoms with E-state index in [1.165, 1.54) is 4.90 Å². The Morgan fingerprint density at radius 3 is 2.54 bits per heavy atom. The highest BCUT2D eigenvalue weighted by molar-refractivity contribution is 7.13. The number of benzene rings is 1. The maximum absolute atomic E-state index is 13.5. The monoisotopic (exact) mass is 508 g/mol. The SMILES string of the molecule is Cc1ncsc1-c1ccc(C(C)NC(=O)[C@@H]2C[C@@H](O)CN2C(=O)C(c2c[c]([Al])no2)C(C)C)cc1. The quantitative estimate of drug-likeness (QED) is 0.475. The highest BCUT2D eigenvalue weighted by Crippen LogP contribution is 2.31. The van der Waals surface area contributed by atoms with Crippen LogP contribution >= 0.6 is 11.3 Å². The molecule has 4 atom stereocenters. The van der Waals surface area contributed by atoms with Crippen molar-refractivity contribution < 1.29 is 19.2 Å². The van der Waals surface area contributed by atoms with Gasteiger partial charge in [0, 0.05) is 13.0 Å². The normalized spacial score (nSPS) is 19.7. The minimum absolute atomic E-state index is 0.0686. The number of rotatable bonds is 7. The van der Waals surface area contributed by atoms with Crippen LogP contribution in [0.1, 0.15) is 56.2 Å². The minimum atomic E-state index is -0.758. The van der Waals surface area contributed by atoms with Crippen LogP contribution in [0, 0.1) is 12.8 Å². The van der Waals surface area contributed by atoms with Crippen molar-refractivity contribution in [2.45, 2.75) is 58.2 Å². The number of thiazole rings is 1. The maximum atomic E-state index is 13.5. The highest BCUT2D eigenvalue weighted by atomic mass is 32.1. The number of β-amino-alcohol motifs (C(OH)–C–C–N with tert-alkyl or cyclic N) is 1. The average Bonchev–Trinajstić information content (AvgIpc) is 3.53. The van der Waals surface area contributed by atoms with Gasteiger partial charge in [-0.3, -0.25) is 9.59 Å². The molecule has 2 aromatic heterocycles. The van der Waals surface area contributed by atoms with Crippen molar-refractivity contribution in [3.63, 3.8) is 0 Å². The summed E-state index contributed by atoms with van der Waals surface area (Å²) in [4.78, 5) is 33.7. The number of carbonyl (C=O) groups is 2. The zero-order valence-electron chi connectivity index (χ0n) is 20.3. The Kier molecular flexibility index (Phi) is 7.77. The first-order valence-electron chi connectivity index (χ1n) is 11.7. The first-order valence-corrected chi connectivity index (χ1v) is 13.1. The Morgan fingerprint density at radius 1 is 1.26 bits per heavy atom. The molecule has 35 heavy (non-hydrogen) atoms. The molecule has 0 aliphatic carbocycles. The van der Waals surface area contributed by atoms with E-state index in [0.29, 0.717) is 10.3 Å². The van der Waals surface area contributed by atoms with Crippen molar-refractivity contribution in [1.82, 2.24) is 20.4 Å². The van der Waals surface area contributed by atoms with E-state index in [-0.39, 0.29) is 36.7 Å². The Labute approximate surface area is 217 Å². The molecule has 2 radical (unpaired) electrons. The van der Waals surface area contributed by atoms with Crippen molar-refractivity contribution >= 4 is 44.0 Å². The van der Waals surface area contributed by atoms with Crippen molar-refractivity contribution in [2.75, 3.05) is 6.54 Å². The number of amides is 2. The minimum Gasteiger partial charge on any atom is -0.391 e. The van der Waals surface area contributed by atoms with Crippen molar-refractivity contribution in [1.29, 1.82) is 0 Å². The van der Waals surface area contributed by atoms with Crippen molar-refractivity contribution in [3.8, 4) is 10.4 Å². The van der Waals surface area contributed by atoms with Gasteiger partial charge in [0.1, 0.15) is 17.7 Å². The molecular formula is C25H29AlN4O4S. The van der Waals surface area contributed by atoms with Gasteiger partial charge >= 0.3 is 0 Å². The van der Waals surface area contributed by atoms with Crippen LogP contribution in [0.4, 0.5) is 0 Å². The van der Waals surface area contributed by atoms with E-state index in [9.17, 15) is 14.7 Å². The molecule has 1 saturated heterocycles.